The minimum atomic E-state index is 0.0728. The largest absolute Gasteiger partial charge is 0.344 e. The number of amides is 1. The standard InChI is InChI=1S/C13H26N2O/c1-11(14)10-15(2)13(16)9-8-12-6-4-3-5-7-12/h11-12H,3-10,14H2,1-2H3. The van der Waals surface area contributed by atoms with Crippen molar-refractivity contribution in [1.29, 1.82) is 0 Å². The number of hydrogen-bond acceptors (Lipinski definition) is 2. The van der Waals surface area contributed by atoms with Crippen molar-refractivity contribution in [3.05, 3.63) is 0 Å². The molecule has 1 amide bonds. The lowest BCUT2D eigenvalue weighted by atomic mass is 9.86. The van der Waals surface area contributed by atoms with Gasteiger partial charge in [0.25, 0.3) is 0 Å². The van der Waals surface area contributed by atoms with Crippen molar-refractivity contribution >= 4 is 5.91 Å². The fourth-order valence-electron chi connectivity index (χ4n) is 2.53. The summed E-state index contributed by atoms with van der Waals surface area (Å²) in [6.07, 6.45) is 8.52. The van der Waals surface area contributed by atoms with E-state index in [0.29, 0.717) is 13.0 Å². The molecule has 0 bridgehead atoms. The first-order chi connectivity index (χ1) is 7.59. The molecule has 0 aliphatic heterocycles. The average Bonchev–Trinajstić information content (AvgIpc) is 2.26. The van der Waals surface area contributed by atoms with E-state index in [2.05, 4.69) is 0 Å². The Kier molecular flexibility index (Phi) is 5.81. The minimum absolute atomic E-state index is 0.0728. The molecule has 0 heterocycles. The van der Waals surface area contributed by atoms with Gasteiger partial charge in [-0.1, -0.05) is 32.1 Å². The van der Waals surface area contributed by atoms with E-state index in [1.807, 2.05) is 14.0 Å². The van der Waals surface area contributed by atoms with Crippen LogP contribution in [0.5, 0.6) is 0 Å². The summed E-state index contributed by atoms with van der Waals surface area (Å²) in [5, 5.41) is 0. The summed E-state index contributed by atoms with van der Waals surface area (Å²) in [5.41, 5.74) is 5.68. The number of carbonyl (C=O) groups excluding carboxylic acids is 1. The van der Waals surface area contributed by atoms with Crippen LogP contribution in [0.15, 0.2) is 0 Å². The van der Waals surface area contributed by atoms with Crippen molar-refractivity contribution in [1.82, 2.24) is 4.90 Å². The normalized spacial score (nSPS) is 19.4. The molecule has 0 spiro atoms. The van der Waals surface area contributed by atoms with Crippen molar-refractivity contribution < 1.29 is 4.79 Å². The molecule has 1 saturated carbocycles. The maximum Gasteiger partial charge on any atom is 0.222 e. The van der Waals surface area contributed by atoms with Crippen LogP contribution in [0, 0.1) is 5.92 Å². The monoisotopic (exact) mass is 226 g/mol. The van der Waals surface area contributed by atoms with Gasteiger partial charge in [-0.15, -0.1) is 0 Å². The predicted molar refractivity (Wildman–Crippen MR) is 67.1 cm³/mol. The van der Waals surface area contributed by atoms with Gasteiger partial charge in [0.05, 0.1) is 0 Å². The van der Waals surface area contributed by atoms with Gasteiger partial charge in [0.2, 0.25) is 5.91 Å². The van der Waals surface area contributed by atoms with Gasteiger partial charge in [-0.25, -0.2) is 0 Å². The molecule has 16 heavy (non-hydrogen) atoms. The van der Waals surface area contributed by atoms with Crippen molar-refractivity contribution in [3.63, 3.8) is 0 Å². The molecule has 1 rings (SSSR count). The predicted octanol–water partition coefficient (Wildman–Crippen LogP) is 2.15. The summed E-state index contributed by atoms with van der Waals surface area (Å²) < 4.78 is 0. The molecular weight excluding hydrogens is 200 g/mol. The first kappa shape index (κ1) is 13.5. The maximum absolute atomic E-state index is 11.8. The summed E-state index contributed by atoms with van der Waals surface area (Å²) in [5.74, 6) is 1.05. The highest BCUT2D eigenvalue weighted by Gasteiger charge is 2.16. The molecule has 94 valence electrons. The van der Waals surface area contributed by atoms with E-state index in [9.17, 15) is 4.79 Å². The Bertz CT molecular complexity index is 210. The summed E-state index contributed by atoms with van der Waals surface area (Å²) in [6.45, 7) is 2.61. The van der Waals surface area contributed by atoms with Crippen LogP contribution in [0.4, 0.5) is 0 Å². The molecule has 1 atom stereocenters. The van der Waals surface area contributed by atoms with Gasteiger partial charge >= 0.3 is 0 Å². The molecule has 0 aromatic carbocycles. The molecular formula is C13H26N2O. The lowest BCUT2D eigenvalue weighted by Gasteiger charge is -2.23. The van der Waals surface area contributed by atoms with Gasteiger partial charge in [0, 0.05) is 26.1 Å². The first-order valence-electron chi connectivity index (χ1n) is 6.59. The zero-order valence-electron chi connectivity index (χ0n) is 10.7. The molecule has 1 fully saturated rings. The zero-order valence-corrected chi connectivity index (χ0v) is 10.7. The molecule has 1 aliphatic carbocycles. The summed E-state index contributed by atoms with van der Waals surface area (Å²) in [7, 11) is 1.85. The van der Waals surface area contributed by atoms with Gasteiger partial charge in [0.15, 0.2) is 0 Å². The van der Waals surface area contributed by atoms with Gasteiger partial charge in [-0.05, 0) is 19.3 Å². The quantitative estimate of drug-likeness (QED) is 0.781. The third-order valence-corrected chi connectivity index (χ3v) is 3.48. The van der Waals surface area contributed by atoms with E-state index < -0.39 is 0 Å². The number of hydrogen-bond donors (Lipinski definition) is 1. The second kappa shape index (κ2) is 6.89. The summed E-state index contributed by atoms with van der Waals surface area (Å²) in [6, 6.07) is 0.0728. The van der Waals surface area contributed by atoms with Crippen LogP contribution in [0.1, 0.15) is 51.9 Å². The molecule has 0 aromatic heterocycles. The van der Waals surface area contributed by atoms with Crippen LogP contribution in [0.2, 0.25) is 0 Å². The highest BCUT2D eigenvalue weighted by molar-refractivity contribution is 5.75. The molecule has 1 aliphatic rings. The van der Waals surface area contributed by atoms with Crippen LogP contribution < -0.4 is 5.73 Å². The Morgan fingerprint density at radius 3 is 2.56 bits per heavy atom. The van der Waals surface area contributed by atoms with E-state index in [-0.39, 0.29) is 11.9 Å². The Hall–Kier alpha value is -0.570. The smallest absolute Gasteiger partial charge is 0.222 e. The van der Waals surface area contributed by atoms with Crippen LogP contribution in [-0.2, 0) is 4.79 Å². The van der Waals surface area contributed by atoms with Gasteiger partial charge in [-0.2, -0.15) is 0 Å². The second-order valence-electron chi connectivity index (χ2n) is 5.29. The molecule has 0 radical (unpaired) electrons. The molecule has 1 unspecified atom stereocenters. The maximum atomic E-state index is 11.8. The van der Waals surface area contributed by atoms with Crippen LogP contribution in [-0.4, -0.2) is 30.4 Å². The van der Waals surface area contributed by atoms with E-state index in [1.165, 1.54) is 32.1 Å². The molecule has 0 saturated heterocycles. The Morgan fingerprint density at radius 1 is 1.38 bits per heavy atom. The molecule has 3 heteroatoms. The van der Waals surface area contributed by atoms with Gasteiger partial charge in [-0.3, -0.25) is 4.79 Å². The summed E-state index contributed by atoms with van der Waals surface area (Å²) >= 11 is 0. The number of rotatable bonds is 5. The van der Waals surface area contributed by atoms with E-state index >= 15 is 0 Å². The molecule has 2 N–H and O–H groups in total. The number of nitrogens with two attached hydrogens (primary N) is 1. The fourth-order valence-corrected chi connectivity index (χ4v) is 2.53. The lowest BCUT2D eigenvalue weighted by Crippen LogP contribution is -2.37. The van der Waals surface area contributed by atoms with E-state index in [4.69, 9.17) is 5.73 Å². The Balaban J connectivity index is 2.17. The topological polar surface area (TPSA) is 46.3 Å². The van der Waals surface area contributed by atoms with Crippen LogP contribution in [0.3, 0.4) is 0 Å². The van der Waals surface area contributed by atoms with Crippen molar-refractivity contribution in [2.45, 2.75) is 57.9 Å². The second-order valence-corrected chi connectivity index (χ2v) is 5.29. The molecule has 0 aromatic rings. The van der Waals surface area contributed by atoms with E-state index in [1.54, 1.807) is 4.90 Å². The number of likely N-dealkylation sites (N-methyl/N-ethyl adjacent to an activating group) is 1. The highest BCUT2D eigenvalue weighted by atomic mass is 16.2. The van der Waals surface area contributed by atoms with Gasteiger partial charge in [0.1, 0.15) is 0 Å². The van der Waals surface area contributed by atoms with E-state index in [0.717, 1.165) is 12.3 Å². The number of carbonyl (C=O) groups is 1. The lowest BCUT2D eigenvalue weighted by molar-refractivity contribution is -0.130. The van der Waals surface area contributed by atoms with Gasteiger partial charge < -0.3 is 10.6 Å². The summed E-state index contributed by atoms with van der Waals surface area (Å²) in [4.78, 5) is 13.6. The van der Waals surface area contributed by atoms with Crippen molar-refractivity contribution in [3.8, 4) is 0 Å². The third kappa shape index (κ3) is 4.97. The van der Waals surface area contributed by atoms with Crippen LogP contribution in [0.25, 0.3) is 0 Å². The minimum Gasteiger partial charge on any atom is -0.344 e. The van der Waals surface area contributed by atoms with Crippen molar-refractivity contribution in [2.75, 3.05) is 13.6 Å². The van der Waals surface area contributed by atoms with Crippen LogP contribution >= 0.6 is 0 Å². The van der Waals surface area contributed by atoms with Crippen molar-refractivity contribution in [2.24, 2.45) is 11.7 Å². The highest BCUT2D eigenvalue weighted by Crippen LogP contribution is 2.27. The zero-order chi connectivity index (χ0) is 12.0. The first-order valence-corrected chi connectivity index (χ1v) is 6.59. The Morgan fingerprint density at radius 2 is 2.00 bits per heavy atom. The molecule has 3 nitrogen and oxygen atoms in total. The SMILES string of the molecule is CC(N)CN(C)C(=O)CCC1CCCCC1. The number of nitrogens with zero attached hydrogens (tertiary/aromatic N) is 1. The fraction of sp³-hybridized carbons (Fsp3) is 0.923. The Labute approximate surface area is 99.4 Å². The third-order valence-electron chi connectivity index (χ3n) is 3.48. The average molecular weight is 226 g/mol.